The van der Waals surface area contributed by atoms with E-state index in [4.69, 9.17) is 15.2 Å². The molecule has 2 amide bonds. The summed E-state index contributed by atoms with van der Waals surface area (Å²) in [5.41, 5.74) is 7.83. The fraction of sp³-hybridized carbons (Fsp3) is 0.214. The van der Waals surface area contributed by atoms with Crippen molar-refractivity contribution in [3.05, 3.63) is 93.4 Å². The van der Waals surface area contributed by atoms with Crippen molar-refractivity contribution in [1.82, 2.24) is 0 Å². The Kier molecular flexibility index (Phi) is 11.2. The Morgan fingerprint density at radius 1 is 1.03 bits per heavy atom. The molecule has 0 radical (unpaired) electrons. The number of nitrogen functional groups attached to an aromatic ring is 1. The molecule has 3 aromatic rings. The van der Waals surface area contributed by atoms with Crippen molar-refractivity contribution in [2.24, 2.45) is 0 Å². The molecule has 0 unspecified atom stereocenters. The maximum Gasteiger partial charge on any atom is 0.412 e. The van der Waals surface area contributed by atoms with Gasteiger partial charge in [0, 0.05) is 26.8 Å². The second-order valence-electron chi connectivity index (χ2n) is 8.21. The van der Waals surface area contributed by atoms with E-state index in [9.17, 15) is 14.7 Å². The maximum atomic E-state index is 12.8. The lowest BCUT2D eigenvalue weighted by atomic mass is 9.99. The Labute approximate surface area is 238 Å². The van der Waals surface area contributed by atoms with Crippen molar-refractivity contribution >= 4 is 60.9 Å². The van der Waals surface area contributed by atoms with Crippen molar-refractivity contribution in [2.75, 3.05) is 23.0 Å². The minimum atomic E-state index is -0.922. The van der Waals surface area contributed by atoms with Crippen molar-refractivity contribution in [3.63, 3.8) is 0 Å². The van der Waals surface area contributed by atoms with E-state index in [1.807, 2.05) is 6.92 Å². The molecular formula is C28H29Br2N3O5. The second-order valence-corrected chi connectivity index (χ2v) is 10.0. The number of hydrogen-bond acceptors (Lipinski definition) is 6. The molecule has 200 valence electrons. The first-order valence-electron chi connectivity index (χ1n) is 11.9. The molecule has 0 saturated carbocycles. The lowest BCUT2D eigenvalue weighted by molar-refractivity contribution is -0.111. The first-order chi connectivity index (χ1) is 18.3. The highest BCUT2D eigenvalue weighted by Gasteiger charge is 2.30. The lowest BCUT2D eigenvalue weighted by Gasteiger charge is -2.28. The van der Waals surface area contributed by atoms with E-state index in [2.05, 4.69) is 42.5 Å². The Hall–Kier alpha value is -3.34. The molecule has 3 aromatic carbocycles. The first kappa shape index (κ1) is 29.2. The summed E-state index contributed by atoms with van der Waals surface area (Å²) in [5.74, 6) is -0.350. The zero-order valence-corrected chi connectivity index (χ0v) is 23.9. The standard InChI is InChI=1S/C28H29Br2N3O5/c1-2-37-25(9-5-6-10-26(35)33-23-8-4-3-7-22(23)31)27(21-17-19(30)13-16-24(21)34)38-28(36)32-20-14-11-18(29)12-15-20/h3-4,6-8,10-17,25,27,34H,2,5,9,31H2,1H3,(H,32,36)(H,33,35)/b10-6+/t25-,27-/m0/s1. The van der Waals surface area contributed by atoms with Gasteiger partial charge >= 0.3 is 6.09 Å². The number of carbonyl (C=O) groups is 2. The van der Waals surface area contributed by atoms with Crippen LogP contribution in [0, 0.1) is 0 Å². The lowest BCUT2D eigenvalue weighted by Crippen LogP contribution is -2.29. The van der Waals surface area contributed by atoms with Gasteiger partial charge in [0.1, 0.15) is 5.75 Å². The van der Waals surface area contributed by atoms with Crippen molar-refractivity contribution in [1.29, 1.82) is 0 Å². The third-order valence-electron chi connectivity index (χ3n) is 5.44. The highest BCUT2D eigenvalue weighted by molar-refractivity contribution is 9.10. The van der Waals surface area contributed by atoms with Gasteiger partial charge in [0.15, 0.2) is 6.10 Å². The number of phenolic OH excluding ortho intramolecular Hbond substituents is 1. The summed E-state index contributed by atoms with van der Waals surface area (Å²) in [6.07, 6.45) is 1.76. The quantitative estimate of drug-likeness (QED) is 0.129. The number of phenols is 1. The number of rotatable bonds is 11. The number of carbonyl (C=O) groups excluding carboxylic acids is 2. The van der Waals surface area contributed by atoms with Gasteiger partial charge in [0.2, 0.25) is 5.91 Å². The van der Waals surface area contributed by atoms with Gasteiger partial charge in [-0.2, -0.15) is 0 Å². The van der Waals surface area contributed by atoms with E-state index in [1.165, 1.54) is 12.1 Å². The molecule has 0 fully saturated rings. The number of halogens is 2. The van der Waals surface area contributed by atoms with Gasteiger partial charge in [0.25, 0.3) is 0 Å². The van der Waals surface area contributed by atoms with Crippen LogP contribution in [-0.2, 0) is 14.3 Å². The Bertz CT molecular complexity index is 1270. The minimum Gasteiger partial charge on any atom is -0.508 e. The molecule has 0 aliphatic rings. The van der Waals surface area contributed by atoms with Gasteiger partial charge in [-0.05, 0) is 80.4 Å². The third-order valence-corrected chi connectivity index (χ3v) is 6.47. The van der Waals surface area contributed by atoms with Crippen LogP contribution in [0.1, 0.15) is 31.4 Å². The van der Waals surface area contributed by atoms with Crippen molar-refractivity contribution in [3.8, 4) is 5.75 Å². The van der Waals surface area contributed by atoms with Gasteiger partial charge in [-0.15, -0.1) is 0 Å². The van der Waals surface area contributed by atoms with Crippen LogP contribution < -0.4 is 16.4 Å². The monoisotopic (exact) mass is 645 g/mol. The van der Waals surface area contributed by atoms with Gasteiger partial charge in [-0.1, -0.05) is 50.1 Å². The summed E-state index contributed by atoms with van der Waals surface area (Å²) in [4.78, 5) is 25.1. The number of anilines is 3. The average Bonchev–Trinajstić information content (AvgIpc) is 2.89. The molecule has 10 heteroatoms. The number of nitrogens with one attached hydrogen (secondary N) is 2. The molecule has 0 aliphatic heterocycles. The van der Waals surface area contributed by atoms with Crippen molar-refractivity contribution < 1.29 is 24.2 Å². The molecule has 8 nitrogen and oxygen atoms in total. The van der Waals surface area contributed by atoms with Gasteiger partial charge in [-0.25, -0.2) is 4.79 Å². The van der Waals surface area contributed by atoms with E-state index in [0.717, 1.165) is 4.47 Å². The number of amides is 2. The SMILES string of the molecule is CCO[C@@H](CC/C=C/C(=O)Nc1ccccc1N)[C@@H](OC(=O)Nc1ccc(Br)cc1)c1cc(Br)ccc1O. The van der Waals surface area contributed by atoms with Gasteiger partial charge < -0.3 is 25.6 Å². The predicted molar refractivity (Wildman–Crippen MR) is 156 cm³/mol. The number of ether oxygens (including phenoxy) is 2. The maximum absolute atomic E-state index is 12.8. The second kappa shape index (κ2) is 14.6. The van der Waals surface area contributed by atoms with Crippen LogP contribution in [0.25, 0.3) is 0 Å². The smallest absolute Gasteiger partial charge is 0.412 e. The number of nitrogens with two attached hydrogens (primary N) is 1. The molecular weight excluding hydrogens is 618 g/mol. The summed E-state index contributed by atoms with van der Waals surface area (Å²) in [6, 6.07) is 18.9. The number of aromatic hydroxyl groups is 1. The predicted octanol–water partition coefficient (Wildman–Crippen LogP) is 7.17. The van der Waals surface area contributed by atoms with E-state index >= 15 is 0 Å². The summed E-state index contributed by atoms with van der Waals surface area (Å²) >= 11 is 6.78. The fourth-order valence-electron chi connectivity index (χ4n) is 3.66. The van der Waals surface area contributed by atoms with Gasteiger partial charge in [-0.3, -0.25) is 10.1 Å². The molecule has 5 N–H and O–H groups in total. The minimum absolute atomic E-state index is 0.0327. The Morgan fingerprint density at radius 2 is 1.74 bits per heavy atom. The highest BCUT2D eigenvalue weighted by atomic mass is 79.9. The van der Waals surface area contributed by atoms with Crippen LogP contribution in [0.15, 0.2) is 87.8 Å². The van der Waals surface area contributed by atoms with E-state index < -0.39 is 18.3 Å². The third kappa shape index (κ3) is 8.90. The molecule has 38 heavy (non-hydrogen) atoms. The zero-order valence-electron chi connectivity index (χ0n) is 20.7. The molecule has 0 spiro atoms. The van der Waals surface area contributed by atoms with E-state index in [-0.39, 0.29) is 11.7 Å². The average molecular weight is 647 g/mol. The van der Waals surface area contributed by atoms with Crippen LogP contribution >= 0.6 is 31.9 Å². The largest absolute Gasteiger partial charge is 0.508 e. The van der Waals surface area contributed by atoms with Crippen molar-refractivity contribution in [2.45, 2.75) is 32.0 Å². The highest BCUT2D eigenvalue weighted by Crippen LogP contribution is 2.35. The first-order valence-corrected chi connectivity index (χ1v) is 13.5. The normalized spacial score (nSPS) is 12.6. The fourth-order valence-corrected chi connectivity index (χ4v) is 4.30. The number of allylic oxidation sites excluding steroid dienone is 1. The molecule has 3 rings (SSSR count). The molecule has 0 bridgehead atoms. The molecule has 0 aliphatic carbocycles. The van der Waals surface area contributed by atoms with E-state index in [0.29, 0.717) is 46.5 Å². The van der Waals surface area contributed by atoms with Crippen LogP contribution in [0.3, 0.4) is 0 Å². The van der Waals surface area contributed by atoms with Crippen LogP contribution in [-0.4, -0.2) is 29.8 Å². The van der Waals surface area contributed by atoms with Crippen LogP contribution in [0.4, 0.5) is 21.9 Å². The Balaban J connectivity index is 1.73. The summed E-state index contributed by atoms with van der Waals surface area (Å²) in [7, 11) is 0. The van der Waals surface area contributed by atoms with E-state index in [1.54, 1.807) is 66.7 Å². The molecule has 0 aromatic heterocycles. The number of hydrogen-bond donors (Lipinski definition) is 4. The molecule has 2 atom stereocenters. The van der Waals surface area contributed by atoms with Crippen LogP contribution in [0.2, 0.25) is 0 Å². The van der Waals surface area contributed by atoms with Gasteiger partial charge in [0.05, 0.1) is 17.5 Å². The zero-order chi connectivity index (χ0) is 27.5. The molecule has 0 heterocycles. The molecule has 0 saturated heterocycles. The number of para-hydroxylation sites is 2. The summed E-state index contributed by atoms with van der Waals surface area (Å²) in [6.45, 7) is 2.19. The Morgan fingerprint density at radius 3 is 2.45 bits per heavy atom. The topological polar surface area (TPSA) is 123 Å². The summed E-state index contributed by atoms with van der Waals surface area (Å²) < 4.78 is 13.3. The summed E-state index contributed by atoms with van der Waals surface area (Å²) in [5, 5.41) is 16.0. The van der Waals surface area contributed by atoms with Crippen LogP contribution in [0.5, 0.6) is 5.75 Å². The number of benzene rings is 3.